The van der Waals surface area contributed by atoms with E-state index in [1.165, 1.54) is 5.69 Å². The van der Waals surface area contributed by atoms with Crippen LogP contribution in [0.4, 0.5) is 11.5 Å². The Morgan fingerprint density at radius 3 is 2.20 bits per heavy atom. The minimum Gasteiger partial charge on any atom is -0.457 e. The summed E-state index contributed by atoms with van der Waals surface area (Å²) in [6, 6.07) is 29.2. The van der Waals surface area contributed by atoms with Gasteiger partial charge < -0.3 is 19.9 Å². The lowest BCUT2D eigenvalue weighted by Crippen LogP contribution is -2.64. The molecule has 7 heterocycles. The van der Waals surface area contributed by atoms with Crippen LogP contribution in [0.2, 0.25) is 0 Å². The van der Waals surface area contributed by atoms with Crippen molar-refractivity contribution in [2.24, 2.45) is 0 Å². The number of fused-ring (bicyclic) bond motifs is 4. The molecule has 3 aliphatic heterocycles. The van der Waals surface area contributed by atoms with Crippen LogP contribution >= 0.6 is 0 Å². The van der Waals surface area contributed by atoms with E-state index in [2.05, 4.69) is 58.9 Å². The fourth-order valence-electron chi connectivity index (χ4n) is 10.1. The lowest BCUT2D eigenvalue weighted by molar-refractivity contribution is -0.135. The van der Waals surface area contributed by atoms with E-state index < -0.39 is 6.04 Å². The van der Waals surface area contributed by atoms with E-state index in [0.29, 0.717) is 30.7 Å². The number of carbonyl (C=O) groups is 2. The van der Waals surface area contributed by atoms with E-state index in [-0.39, 0.29) is 17.9 Å². The van der Waals surface area contributed by atoms with Crippen LogP contribution < -0.4 is 20.7 Å². The number of hydrogen-bond acceptors (Lipinski definition) is 11. The Hall–Kier alpha value is -6.38. The third-order valence-electron chi connectivity index (χ3n) is 13.3. The predicted molar refractivity (Wildman–Crippen MR) is 231 cm³/mol. The smallest absolute Gasteiger partial charge is 0.249 e. The van der Waals surface area contributed by atoms with Gasteiger partial charge in [0, 0.05) is 86.0 Å². The molecular formula is C46H47N11O3. The Morgan fingerprint density at radius 1 is 0.700 bits per heavy atom. The zero-order chi connectivity index (χ0) is 40.3. The van der Waals surface area contributed by atoms with Crippen molar-refractivity contribution < 1.29 is 14.3 Å². The van der Waals surface area contributed by atoms with Crippen LogP contribution in [0.3, 0.4) is 0 Å². The van der Waals surface area contributed by atoms with Crippen LogP contribution in [0.1, 0.15) is 50.6 Å². The molecule has 3 N–H and O–H groups in total. The zero-order valence-corrected chi connectivity index (χ0v) is 33.4. The number of nitrogen functional groups attached to an aromatic ring is 1. The number of rotatable bonds is 8. The molecule has 11 rings (SSSR count). The van der Waals surface area contributed by atoms with Crippen LogP contribution in [0, 0.1) is 0 Å². The minimum absolute atomic E-state index is 0.213. The lowest BCUT2D eigenvalue weighted by atomic mass is 9.89. The van der Waals surface area contributed by atoms with Crippen molar-refractivity contribution in [1.29, 1.82) is 0 Å². The summed E-state index contributed by atoms with van der Waals surface area (Å²) >= 11 is 0. The SMILES string of the molecule is Nc1ncnc2c1c(-c1ccc(Oc3ccccc3)cc1)nn2C1CCC(N2CCN(C3CN(c4ccc5c(c4)c4cccnc4n5C4CCC(=O)NC4=O)C3)CC2)CC1. The van der Waals surface area contributed by atoms with Gasteiger partial charge in [0.05, 0.1) is 16.9 Å². The van der Waals surface area contributed by atoms with Gasteiger partial charge in [0.2, 0.25) is 11.8 Å². The average molecular weight is 802 g/mol. The normalized spacial score (nSPS) is 22.1. The molecule has 1 saturated carbocycles. The molecule has 2 amide bonds. The number of para-hydroxylation sites is 1. The summed E-state index contributed by atoms with van der Waals surface area (Å²) in [5.74, 6) is 1.53. The molecule has 3 saturated heterocycles. The number of amides is 2. The second kappa shape index (κ2) is 15.0. The van der Waals surface area contributed by atoms with Gasteiger partial charge >= 0.3 is 0 Å². The van der Waals surface area contributed by atoms with Gasteiger partial charge in [0.25, 0.3) is 0 Å². The number of hydrogen-bond donors (Lipinski definition) is 2. The van der Waals surface area contributed by atoms with E-state index >= 15 is 0 Å². The Morgan fingerprint density at radius 2 is 1.43 bits per heavy atom. The molecule has 14 nitrogen and oxygen atoms in total. The van der Waals surface area contributed by atoms with Crippen molar-refractivity contribution >= 4 is 56.3 Å². The molecule has 4 fully saturated rings. The highest BCUT2D eigenvalue weighted by atomic mass is 16.5. The molecule has 60 heavy (non-hydrogen) atoms. The van der Waals surface area contributed by atoms with Crippen LogP contribution in [-0.2, 0) is 9.59 Å². The van der Waals surface area contributed by atoms with Crippen molar-refractivity contribution in [2.45, 2.75) is 62.7 Å². The van der Waals surface area contributed by atoms with E-state index in [1.54, 1.807) is 12.5 Å². The number of nitrogens with zero attached hydrogens (tertiary/aromatic N) is 9. The van der Waals surface area contributed by atoms with E-state index in [0.717, 1.165) is 121 Å². The highest BCUT2D eigenvalue weighted by molar-refractivity contribution is 6.10. The van der Waals surface area contributed by atoms with Crippen molar-refractivity contribution in [1.82, 2.24) is 44.4 Å². The largest absolute Gasteiger partial charge is 0.457 e. The number of pyridine rings is 1. The van der Waals surface area contributed by atoms with Crippen LogP contribution in [0.15, 0.2) is 97.5 Å². The molecular weight excluding hydrogens is 755 g/mol. The fraction of sp³-hybridized carbons (Fsp3) is 0.348. The first-order valence-electron chi connectivity index (χ1n) is 21.2. The Balaban J connectivity index is 0.711. The quantitative estimate of drug-likeness (QED) is 0.166. The van der Waals surface area contributed by atoms with Crippen molar-refractivity contribution in [3.63, 3.8) is 0 Å². The summed E-state index contributed by atoms with van der Waals surface area (Å²) in [6.07, 6.45) is 8.45. The number of piperazine rings is 1. The second-order valence-corrected chi connectivity index (χ2v) is 16.7. The maximum absolute atomic E-state index is 12.9. The maximum atomic E-state index is 12.9. The number of anilines is 2. The minimum atomic E-state index is -0.456. The molecule has 1 unspecified atom stereocenters. The molecule has 1 atom stereocenters. The molecule has 4 aliphatic rings. The Labute approximate surface area is 346 Å². The number of ether oxygens (including phenoxy) is 1. The molecule has 4 aromatic heterocycles. The maximum Gasteiger partial charge on any atom is 0.249 e. The van der Waals surface area contributed by atoms with Crippen molar-refractivity contribution in [3.05, 3.63) is 97.5 Å². The van der Waals surface area contributed by atoms with Gasteiger partial charge in [0.1, 0.15) is 41.0 Å². The number of imide groups is 1. The Bertz CT molecular complexity index is 2730. The lowest BCUT2D eigenvalue weighted by Gasteiger charge is -2.50. The summed E-state index contributed by atoms with van der Waals surface area (Å²) in [7, 11) is 0. The molecule has 0 spiro atoms. The highest BCUT2D eigenvalue weighted by Crippen LogP contribution is 2.39. The first-order valence-corrected chi connectivity index (χ1v) is 21.2. The molecule has 304 valence electrons. The van der Waals surface area contributed by atoms with Gasteiger partial charge in [0.15, 0.2) is 5.65 Å². The number of nitrogens with one attached hydrogen (secondary N) is 1. The average Bonchev–Trinajstić information content (AvgIpc) is 3.81. The molecule has 7 aromatic rings. The number of nitrogens with two attached hydrogens (primary N) is 1. The van der Waals surface area contributed by atoms with Crippen LogP contribution in [0.25, 0.3) is 44.2 Å². The van der Waals surface area contributed by atoms with Crippen LogP contribution in [0.5, 0.6) is 11.5 Å². The van der Waals surface area contributed by atoms with Gasteiger partial charge in [-0.2, -0.15) is 5.10 Å². The highest BCUT2D eigenvalue weighted by Gasteiger charge is 2.37. The second-order valence-electron chi connectivity index (χ2n) is 16.7. The number of carbonyl (C=O) groups excluding carboxylic acids is 2. The van der Waals surface area contributed by atoms with Crippen molar-refractivity contribution in [2.75, 3.05) is 49.9 Å². The Kier molecular flexibility index (Phi) is 9.18. The summed E-state index contributed by atoms with van der Waals surface area (Å²) < 4.78 is 10.2. The van der Waals surface area contributed by atoms with Gasteiger partial charge in [-0.05, 0) is 98.8 Å². The molecule has 0 radical (unpaired) electrons. The van der Waals surface area contributed by atoms with Gasteiger partial charge in [-0.25, -0.2) is 19.6 Å². The monoisotopic (exact) mass is 801 g/mol. The van der Waals surface area contributed by atoms with Gasteiger partial charge in [-0.1, -0.05) is 18.2 Å². The van der Waals surface area contributed by atoms with E-state index in [9.17, 15) is 9.59 Å². The molecule has 0 bridgehead atoms. The van der Waals surface area contributed by atoms with E-state index in [1.807, 2.05) is 65.2 Å². The van der Waals surface area contributed by atoms with Crippen molar-refractivity contribution in [3.8, 4) is 22.8 Å². The predicted octanol–water partition coefficient (Wildman–Crippen LogP) is 6.34. The number of aromatic nitrogens is 6. The third-order valence-corrected chi connectivity index (χ3v) is 13.3. The molecule has 3 aromatic carbocycles. The zero-order valence-electron chi connectivity index (χ0n) is 33.4. The third kappa shape index (κ3) is 6.50. The standard InChI is InChI=1S/C46H47N11O3/c47-43-41-42(29-8-15-35(16-9-29)60-34-5-2-1-3-6-34)52-57(45(41)50-28-49-43)31-12-10-30(11-13-31)53-21-23-54(24-22-53)33-26-55(27-33)32-14-17-38-37(25-32)36-7-4-20-48-44(36)56(38)39-18-19-40(58)51-46(39)59/h1-9,14-17,20,25,28,30-31,33,39H,10-13,18-19,21-24,26-27H2,(H2,47,49,50)(H,51,58,59). The van der Waals surface area contributed by atoms with E-state index in [4.69, 9.17) is 20.6 Å². The van der Waals surface area contributed by atoms with Crippen LogP contribution in [-0.4, -0.2) is 102 Å². The summed E-state index contributed by atoms with van der Waals surface area (Å²) in [5, 5.41) is 10.6. The van der Waals surface area contributed by atoms with Gasteiger partial charge in [-0.3, -0.25) is 24.7 Å². The van der Waals surface area contributed by atoms with Gasteiger partial charge in [-0.15, -0.1) is 0 Å². The number of piperidine rings is 1. The fourth-order valence-corrected chi connectivity index (χ4v) is 10.1. The molecule has 14 heteroatoms. The first kappa shape index (κ1) is 36.7. The first-order chi connectivity index (χ1) is 29.4. The topological polar surface area (TPSA) is 153 Å². The summed E-state index contributed by atoms with van der Waals surface area (Å²) in [5.41, 5.74) is 12.0. The number of benzene rings is 3. The molecule has 1 aliphatic carbocycles. The summed E-state index contributed by atoms with van der Waals surface area (Å²) in [6.45, 7) is 6.35. The summed E-state index contributed by atoms with van der Waals surface area (Å²) in [4.78, 5) is 46.4.